The molecule has 1 heterocycles. The lowest BCUT2D eigenvalue weighted by molar-refractivity contribution is -0.137. The van der Waals surface area contributed by atoms with Crippen LogP contribution in [0.3, 0.4) is 0 Å². The fraction of sp³-hybridized carbons (Fsp3) is 0.160. The molecule has 0 aliphatic carbocycles. The van der Waals surface area contributed by atoms with Crippen LogP contribution in [0.5, 0.6) is 5.75 Å². The van der Waals surface area contributed by atoms with Gasteiger partial charge in [-0.1, -0.05) is 29.4 Å². The Labute approximate surface area is 213 Å². The zero-order chi connectivity index (χ0) is 26.8. The van der Waals surface area contributed by atoms with E-state index in [9.17, 15) is 33.4 Å². The number of para-hydroxylation sites is 1. The summed E-state index contributed by atoms with van der Waals surface area (Å²) in [6.07, 6.45) is -2.71. The Morgan fingerprint density at radius 1 is 1.16 bits per heavy atom. The summed E-state index contributed by atoms with van der Waals surface area (Å²) >= 11 is 1.40. The quantitative estimate of drug-likeness (QED) is 0.154. The van der Waals surface area contributed by atoms with E-state index in [1.54, 1.807) is 30.3 Å². The normalized spacial score (nSPS) is 18.6. The second kappa shape index (κ2) is 10.2. The molecule has 3 N–H and O–H groups in total. The lowest BCUT2D eigenvalue weighted by Gasteiger charge is -2.31. The molecule has 0 bridgehead atoms. The summed E-state index contributed by atoms with van der Waals surface area (Å²) in [4.78, 5) is 11.3. The molecule has 0 fully saturated rings. The van der Waals surface area contributed by atoms with Crippen LogP contribution in [-0.2, 0) is 6.18 Å². The maximum absolute atomic E-state index is 13.4. The van der Waals surface area contributed by atoms with Crippen molar-refractivity contribution in [1.82, 2.24) is 4.76 Å². The number of thioether (sulfide) groups is 1. The molecular weight excluding hydrogens is 509 g/mol. The number of carboxylic acid groups (broad SMARTS) is 1. The molecule has 0 saturated heterocycles. The number of hydrazone groups is 1. The number of nitrogens with zero attached hydrogens (tertiary/aromatic N) is 3. The summed E-state index contributed by atoms with van der Waals surface area (Å²) in [5.74, 6) is -0.935. The SMILES string of the molecule is CSCC1=N[N+]([O-])(c2ccc(C(F)(F)F)cc2)CC1=NNc1cccc(-c2cccc(C(=O)O)c2)c1O. The number of carboxylic acids is 1. The van der Waals surface area contributed by atoms with Crippen LogP contribution in [0.4, 0.5) is 24.5 Å². The van der Waals surface area contributed by atoms with Gasteiger partial charge >= 0.3 is 12.1 Å². The van der Waals surface area contributed by atoms with Gasteiger partial charge in [-0.15, -0.1) is 0 Å². The maximum Gasteiger partial charge on any atom is 0.416 e. The molecule has 12 heteroatoms. The fourth-order valence-corrected chi connectivity index (χ4v) is 4.28. The molecule has 1 unspecified atom stereocenters. The predicted molar refractivity (Wildman–Crippen MR) is 139 cm³/mol. The number of aromatic carboxylic acids is 1. The zero-order valence-electron chi connectivity index (χ0n) is 19.4. The summed E-state index contributed by atoms with van der Waals surface area (Å²) in [7, 11) is 0. The molecule has 8 nitrogen and oxygen atoms in total. The molecule has 3 aromatic rings. The van der Waals surface area contributed by atoms with Gasteiger partial charge in [0, 0.05) is 23.4 Å². The minimum atomic E-state index is -4.52. The van der Waals surface area contributed by atoms with E-state index in [0.717, 1.165) is 24.3 Å². The number of quaternary nitrogens is 1. The summed E-state index contributed by atoms with van der Waals surface area (Å²) in [6.45, 7) is -0.255. The summed E-state index contributed by atoms with van der Waals surface area (Å²) in [5, 5.41) is 42.0. The summed E-state index contributed by atoms with van der Waals surface area (Å²) < 4.78 is 37.5. The average Bonchev–Trinajstić information content (AvgIpc) is 3.19. The number of aromatic hydroxyl groups is 1. The highest BCUT2D eigenvalue weighted by molar-refractivity contribution is 7.99. The van der Waals surface area contributed by atoms with E-state index in [1.165, 1.54) is 23.9 Å². The average molecular weight is 531 g/mol. The fourth-order valence-electron chi connectivity index (χ4n) is 3.78. The Kier molecular flexibility index (Phi) is 7.25. The van der Waals surface area contributed by atoms with Gasteiger partial charge in [0.1, 0.15) is 17.2 Å². The summed E-state index contributed by atoms with van der Waals surface area (Å²) in [5.41, 5.74) is 3.70. The molecule has 1 aliphatic rings. The third kappa shape index (κ3) is 5.61. The molecule has 3 aromatic carbocycles. The van der Waals surface area contributed by atoms with E-state index in [4.69, 9.17) is 0 Å². The van der Waals surface area contributed by atoms with E-state index >= 15 is 0 Å². The lowest BCUT2D eigenvalue weighted by Crippen LogP contribution is -2.37. The molecule has 0 aromatic heterocycles. The van der Waals surface area contributed by atoms with E-state index in [-0.39, 0.29) is 29.2 Å². The Morgan fingerprint density at radius 2 is 1.86 bits per heavy atom. The molecule has 37 heavy (non-hydrogen) atoms. The highest BCUT2D eigenvalue weighted by Gasteiger charge is 2.36. The van der Waals surface area contributed by atoms with Gasteiger partial charge in [-0.25, -0.2) is 4.79 Å². The molecular formula is C25H21F3N4O4S. The number of rotatable bonds is 7. The van der Waals surface area contributed by atoms with Crippen molar-refractivity contribution in [1.29, 1.82) is 0 Å². The van der Waals surface area contributed by atoms with E-state index in [2.05, 4.69) is 15.6 Å². The zero-order valence-corrected chi connectivity index (χ0v) is 20.2. The van der Waals surface area contributed by atoms with Crippen molar-refractivity contribution in [2.45, 2.75) is 6.18 Å². The van der Waals surface area contributed by atoms with Crippen molar-refractivity contribution >= 4 is 40.5 Å². The van der Waals surface area contributed by atoms with Gasteiger partial charge in [-0.3, -0.25) is 5.43 Å². The first kappa shape index (κ1) is 26.2. The number of alkyl halides is 3. The van der Waals surface area contributed by atoms with Crippen LogP contribution < -0.4 is 10.2 Å². The molecule has 192 valence electrons. The van der Waals surface area contributed by atoms with Crippen molar-refractivity contribution in [2.24, 2.45) is 10.2 Å². The molecule has 4 rings (SSSR count). The number of carbonyl (C=O) groups is 1. The van der Waals surface area contributed by atoms with Gasteiger partial charge in [-0.05, 0) is 42.2 Å². The number of phenols is 1. The van der Waals surface area contributed by atoms with Gasteiger partial charge < -0.3 is 15.4 Å². The molecule has 0 saturated carbocycles. The van der Waals surface area contributed by atoms with Crippen LogP contribution in [-0.4, -0.2) is 46.2 Å². The Bertz CT molecular complexity index is 1390. The minimum absolute atomic E-state index is 0.0277. The molecule has 0 amide bonds. The van der Waals surface area contributed by atoms with Gasteiger partial charge in [0.2, 0.25) is 0 Å². The number of nitrogens with one attached hydrogen (secondary N) is 1. The second-order valence-electron chi connectivity index (χ2n) is 8.14. The second-order valence-corrected chi connectivity index (χ2v) is 9.01. The minimum Gasteiger partial charge on any atom is -0.599 e. The largest absolute Gasteiger partial charge is 0.599 e. The monoisotopic (exact) mass is 530 g/mol. The van der Waals surface area contributed by atoms with E-state index in [0.29, 0.717) is 28.3 Å². The molecule has 1 atom stereocenters. The van der Waals surface area contributed by atoms with E-state index in [1.807, 2.05) is 6.26 Å². The van der Waals surface area contributed by atoms with Gasteiger partial charge in [0.25, 0.3) is 0 Å². The van der Waals surface area contributed by atoms with Crippen molar-refractivity contribution < 1.29 is 28.2 Å². The smallest absolute Gasteiger partial charge is 0.416 e. The maximum atomic E-state index is 13.4. The van der Waals surface area contributed by atoms with Crippen LogP contribution in [0.1, 0.15) is 15.9 Å². The van der Waals surface area contributed by atoms with Crippen LogP contribution >= 0.6 is 11.8 Å². The highest BCUT2D eigenvalue weighted by atomic mass is 32.2. The van der Waals surface area contributed by atoms with Crippen LogP contribution in [0, 0.1) is 5.21 Å². The van der Waals surface area contributed by atoms with Crippen LogP contribution in [0.2, 0.25) is 0 Å². The first-order valence-corrected chi connectivity index (χ1v) is 12.2. The Hall–Kier alpha value is -3.87. The van der Waals surface area contributed by atoms with Crippen molar-refractivity contribution in [3.05, 3.63) is 83.1 Å². The third-order valence-corrected chi connectivity index (χ3v) is 6.19. The van der Waals surface area contributed by atoms with E-state index < -0.39 is 22.5 Å². The first-order valence-electron chi connectivity index (χ1n) is 10.9. The van der Waals surface area contributed by atoms with Crippen molar-refractivity contribution in [3.63, 3.8) is 0 Å². The molecule has 0 radical (unpaired) electrons. The Morgan fingerprint density at radius 3 is 2.51 bits per heavy atom. The number of benzene rings is 3. The highest BCUT2D eigenvalue weighted by Crippen LogP contribution is 2.36. The predicted octanol–water partition coefficient (Wildman–Crippen LogP) is 5.78. The third-order valence-electron chi connectivity index (χ3n) is 5.63. The Balaban J connectivity index is 1.61. The van der Waals surface area contributed by atoms with Crippen LogP contribution in [0.15, 0.2) is 76.9 Å². The molecule has 0 spiro atoms. The number of halogens is 3. The number of anilines is 1. The van der Waals surface area contributed by atoms with Gasteiger partial charge in [0.15, 0.2) is 12.2 Å². The number of phenolic OH excluding ortho intramolecular Hbond substituents is 1. The number of hydrogen-bond acceptors (Lipinski definition) is 7. The van der Waals surface area contributed by atoms with Crippen molar-refractivity contribution in [3.8, 4) is 16.9 Å². The standard InChI is InChI=1S/C25H21F3N4O4S/c1-37-14-22-21(13-32(36,31-22)18-10-8-17(9-11-18)25(26,27)28)30-29-20-7-3-6-19(23(20)33)15-4-2-5-16(12-15)24(34)35/h2-12,29,33H,13-14H2,1H3,(H,34,35). The van der Waals surface area contributed by atoms with Gasteiger partial charge in [0.05, 0.1) is 16.8 Å². The number of hydrogen-bond donors (Lipinski definition) is 3. The first-order chi connectivity index (χ1) is 17.5. The topological polar surface area (TPSA) is 117 Å². The molecule has 1 aliphatic heterocycles. The lowest BCUT2D eigenvalue weighted by atomic mass is 10.0. The van der Waals surface area contributed by atoms with Crippen LogP contribution in [0.25, 0.3) is 11.1 Å². The van der Waals surface area contributed by atoms with Crippen molar-refractivity contribution in [2.75, 3.05) is 24.0 Å². The summed E-state index contributed by atoms with van der Waals surface area (Å²) in [6, 6.07) is 14.8. The van der Waals surface area contributed by atoms with Gasteiger partial charge in [-0.2, -0.15) is 34.8 Å². The number of hydroxylamine groups is 1.